The van der Waals surface area contributed by atoms with Crippen LogP contribution in [0.5, 0.6) is 5.75 Å². The molecule has 1 aromatic carbocycles. The summed E-state index contributed by atoms with van der Waals surface area (Å²) in [7, 11) is 2.97. The first kappa shape index (κ1) is 25.5. The third kappa shape index (κ3) is 3.97. The molecule has 1 fully saturated rings. The minimum atomic E-state index is -1.21. The average molecular weight is 510 g/mol. The maximum absolute atomic E-state index is 14.0. The highest BCUT2D eigenvalue weighted by molar-refractivity contribution is 5.99. The number of carbonyl (C=O) groups is 2. The molecule has 10 nitrogen and oxygen atoms in total. The van der Waals surface area contributed by atoms with Crippen LogP contribution in [0.1, 0.15) is 40.3 Å². The van der Waals surface area contributed by atoms with Gasteiger partial charge in [0, 0.05) is 44.7 Å². The highest BCUT2D eigenvalue weighted by Crippen LogP contribution is 2.31. The fourth-order valence-corrected chi connectivity index (χ4v) is 4.78. The molecule has 4 atom stereocenters. The van der Waals surface area contributed by atoms with Crippen LogP contribution in [0.3, 0.4) is 0 Å². The molecule has 2 aliphatic heterocycles. The number of halogens is 3. The second kappa shape index (κ2) is 9.47. The number of carbonyl (C=O) groups excluding carboxylic acids is 2. The van der Waals surface area contributed by atoms with E-state index in [1.165, 1.54) is 23.8 Å². The van der Waals surface area contributed by atoms with E-state index in [2.05, 4.69) is 5.32 Å². The quantitative estimate of drug-likeness (QED) is 0.619. The van der Waals surface area contributed by atoms with E-state index in [0.29, 0.717) is 12.1 Å². The number of aromatic hydroxyl groups is 1. The summed E-state index contributed by atoms with van der Waals surface area (Å²) in [6.07, 6.45) is 0.0170. The van der Waals surface area contributed by atoms with Gasteiger partial charge < -0.3 is 24.8 Å². The number of amides is 2. The summed E-state index contributed by atoms with van der Waals surface area (Å²) in [5, 5.41) is 14.5. The van der Waals surface area contributed by atoms with Crippen molar-refractivity contribution in [2.24, 2.45) is 0 Å². The van der Waals surface area contributed by atoms with Crippen molar-refractivity contribution in [3.8, 4) is 5.75 Å². The zero-order valence-corrected chi connectivity index (χ0v) is 19.9. The van der Waals surface area contributed by atoms with Crippen molar-refractivity contribution in [1.82, 2.24) is 14.9 Å². The molecule has 0 saturated carbocycles. The van der Waals surface area contributed by atoms with E-state index in [9.17, 15) is 32.7 Å². The van der Waals surface area contributed by atoms with Crippen LogP contribution >= 0.6 is 0 Å². The first-order valence-electron chi connectivity index (χ1n) is 11.1. The number of fused-ring (bicyclic) bond motifs is 4. The monoisotopic (exact) mass is 510 g/mol. The molecule has 2 bridgehead atoms. The first-order valence-corrected chi connectivity index (χ1v) is 11.1. The van der Waals surface area contributed by atoms with Gasteiger partial charge in [-0.15, -0.1) is 0 Å². The molecule has 0 aliphatic carbocycles. The highest BCUT2D eigenvalue weighted by atomic mass is 19.1. The fraction of sp³-hybridized carbons (Fsp3) is 0.435. The van der Waals surface area contributed by atoms with Crippen LogP contribution in [0, 0.1) is 17.5 Å². The molecular formula is C23H25F3N4O6. The predicted molar refractivity (Wildman–Crippen MR) is 120 cm³/mol. The smallest absolute Gasteiger partial charge is 0.278 e. The Morgan fingerprint density at radius 1 is 1.08 bits per heavy atom. The van der Waals surface area contributed by atoms with Gasteiger partial charge in [0.2, 0.25) is 5.43 Å². The van der Waals surface area contributed by atoms with Gasteiger partial charge in [0.1, 0.15) is 41.9 Å². The lowest BCUT2D eigenvalue weighted by Gasteiger charge is -2.42. The van der Waals surface area contributed by atoms with Crippen molar-refractivity contribution < 1.29 is 37.3 Å². The molecule has 2 N–H and O–H groups in total. The number of hydrogen-bond acceptors (Lipinski definition) is 7. The third-order valence-electron chi connectivity index (χ3n) is 6.76. The molecule has 0 unspecified atom stereocenters. The second-order valence-electron chi connectivity index (χ2n) is 8.68. The summed E-state index contributed by atoms with van der Waals surface area (Å²) in [6.45, 7) is 2.91. The molecule has 2 aliphatic rings. The van der Waals surface area contributed by atoms with Crippen LogP contribution in [0.2, 0.25) is 0 Å². The summed E-state index contributed by atoms with van der Waals surface area (Å²) in [6, 6.07) is -0.00277. The van der Waals surface area contributed by atoms with E-state index >= 15 is 0 Å². The van der Waals surface area contributed by atoms with Crippen molar-refractivity contribution in [3.63, 3.8) is 0 Å². The minimum absolute atomic E-state index is 0.0449. The zero-order chi connectivity index (χ0) is 26.5. The SMILES string of the molecule is CO[C@@H]1[C@H](OC)[C@@H](C)N2CN(C(=O)c3c(O)c(=O)c(C(=O)NCc4c(F)cc(F)cc4F)cn32)[C@H]1C. The summed E-state index contributed by atoms with van der Waals surface area (Å²) < 4.78 is 53.5. The largest absolute Gasteiger partial charge is 0.502 e. The van der Waals surface area contributed by atoms with E-state index in [-0.39, 0.29) is 12.4 Å². The second-order valence-corrected chi connectivity index (χ2v) is 8.68. The Morgan fingerprint density at radius 2 is 1.67 bits per heavy atom. The zero-order valence-electron chi connectivity index (χ0n) is 19.9. The van der Waals surface area contributed by atoms with Gasteiger partial charge >= 0.3 is 0 Å². The van der Waals surface area contributed by atoms with Crippen LogP contribution in [0.15, 0.2) is 23.1 Å². The molecule has 2 amide bonds. The molecule has 36 heavy (non-hydrogen) atoms. The maximum Gasteiger partial charge on any atom is 0.278 e. The van der Waals surface area contributed by atoms with Gasteiger partial charge in [-0.1, -0.05) is 0 Å². The fourth-order valence-electron chi connectivity index (χ4n) is 4.78. The van der Waals surface area contributed by atoms with Gasteiger partial charge in [0.25, 0.3) is 11.8 Å². The van der Waals surface area contributed by atoms with Crippen LogP contribution in [-0.4, -0.2) is 71.7 Å². The number of hydrogen-bond donors (Lipinski definition) is 2. The summed E-state index contributed by atoms with van der Waals surface area (Å²) in [4.78, 5) is 40.4. The molecular weight excluding hydrogens is 485 g/mol. The van der Waals surface area contributed by atoms with E-state index in [4.69, 9.17) is 9.47 Å². The minimum Gasteiger partial charge on any atom is -0.502 e. The molecule has 3 heterocycles. The maximum atomic E-state index is 14.0. The first-order chi connectivity index (χ1) is 17.0. The number of nitrogens with one attached hydrogen (secondary N) is 1. The Kier molecular flexibility index (Phi) is 6.71. The van der Waals surface area contributed by atoms with Crippen molar-refractivity contribution in [1.29, 1.82) is 0 Å². The summed E-state index contributed by atoms with van der Waals surface area (Å²) in [5.41, 5.74) is -2.66. The normalized spacial score (nSPS) is 23.4. The number of pyridine rings is 1. The van der Waals surface area contributed by atoms with Gasteiger partial charge in [-0.3, -0.25) is 24.1 Å². The van der Waals surface area contributed by atoms with Crippen molar-refractivity contribution >= 4 is 11.8 Å². The number of methoxy groups -OCH3 is 2. The number of benzene rings is 1. The van der Waals surface area contributed by atoms with E-state index in [1.54, 1.807) is 18.9 Å². The molecule has 1 aromatic heterocycles. The molecule has 194 valence electrons. The van der Waals surface area contributed by atoms with Gasteiger partial charge in [-0.2, -0.15) is 0 Å². The Morgan fingerprint density at radius 3 is 2.25 bits per heavy atom. The van der Waals surface area contributed by atoms with Crippen molar-refractivity contribution in [2.45, 2.75) is 44.7 Å². The number of ether oxygens (including phenoxy) is 2. The molecule has 4 rings (SSSR count). The Balaban J connectivity index is 1.74. The molecule has 0 spiro atoms. The molecule has 1 saturated heterocycles. The molecule has 2 aromatic rings. The summed E-state index contributed by atoms with van der Waals surface area (Å²) in [5.74, 6) is -6.21. The van der Waals surface area contributed by atoms with Gasteiger partial charge in [-0.25, -0.2) is 13.2 Å². The van der Waals surface area contributed by atoms with Crippen molar-refractivity contribution in [2.75, 3.05) is 25.9 Å². The van der Waals surface area contributed by atoms with Crippen molar-refractivity contribution in [3.05, 3.63) is 62.8 Å². The lowest BCUT2D eigenvalue weighted by atomic mass is 10.0. The van der Waals surface area contributed by atoms with Crippen LogP contribution in [0.25, 0.3) is 0 Å². The van der Waals surface area contributed by atoms with Crippen LogP contribution in [0.4, 0.5) is 13.2 Å². The third-order valence-corrected chi connectivity index (χ3v) is 6.76. The Bertz CT molecular complexity index is 1260. The average Bonchev–Trinajstić information content (AvgIpc) is 2.91. The lowest BCUT2D eigenvalue weighted by Crippen LogP contribution is -2.58. The standard InChI is InChI=1S/C23H25F3N4O6/c1-10-20(35-3)21(36-4)11(2)30-9-28(10)23(34)17-19(32)18(31)14(8-29(17)30)22(33)27-7-13-15(25)5-12(24)6-16(13)26/h5-6,8,10-11,20-21,32H,7,9H2,1-4H3,(H,27,33)/t10-,11+,20-,21+/m0/s1. The highest BCUT2D eigenvalue weighted by Gasteiger charge is 2.47. The number of nitrogens with zero attached hydrogens (tertiary/aromatic N) is 3. The Hall–Kier alpha value is -3.58. The number of rotatable bonds is 5. The van der Waals surface area contributed by atoms with Crippen LogP contribution in [-0.2, 0) is 16.0 Å². The molecule has 0 radical (unpaired) electrons. The van der Waals surface area contributed by atoms with Gasteiger partial charge in [0.05, 0.1) is 12.1 Å². The van der Waals surface area contributed by atoms with E-state index < -0.39 is 82.4 Å². The van der Waals surface area contributed by atoms with E-state index in [1.807, 2.05) is 0 Å². The number of aromatic nitrogens is 1. The van der Waals surface area contributed by atoms with Gasteiger partial charge in [0.15, 0.2) is 11.4 Å². The summed E-state index contributed by atoms with van der Waals surface area (Å²) >= 11 is 0. The topological polar surface area (TPSA) is 113 Å². The Labute approximate surface area is 203 Å². The van der Waals surface area contributed by atoms with Gasteiger partial charge in [-0.05, 0) is 13.8 Å². The molecule has 13 heteroatoms. The predicted octanol–water partition coefficient (Wildman–Crippen LogP) is 1.07. The van der Waals surface area contributed by atoms with E-state index in [0.717, 1.165) is 6.20 Å². The van der Waals surface area contributed by atoms with Crippen LogP contribution < -0.4 is 15.8 Å². The lowest BCUT2D eigenvalue weighted by molar-refractivity contribution is -0.0649.